The molecule has 2 heteroatoms. The third-order valence-corrected chi connectivity index (χ3v) is 3.71. The number of unbranched alkanes of at least 4 members (excludes halogenated alkanes) is 4. The molecule has 0 saturated heterocycles. The second kappa shape index (κ2) is 9.04. The van der Waals surface area contributed by atoms with E-state index in [9.17, 15) is 4.79 Å². The average Bonchev–Trinajstić information content (AvgIpc) is 2.57. The number of hydrogen-bond donors (Lipinski definition) is 0. The van der Waals surface area contributed by atoms with Crippen molar-refractivity contribution in [1.29, 1.82) is 0 Å². The first-order valence-corrected chi connectivity index (χ1v) is 8.16. The van der Waals surface area contributed by atoms with Gasteiger partial charge in [-0.15, -0.1) is 0 Å². The first-order valence-electron chi connectivity index (χ1n) is 8.16. The van der Waals surface area contributed by atoms with Crippen LogP contribution in [-0.4, -0.2) is 5.97 Å². The number of rotatable bonds is 8. The largest absolute Gasteiger partial charge is 0.423 e. The Labute approximate surface area is 133 Å². The zero-order valence-electron chi connectivity index (χ0n) is 13.3. The van der Waals surface area contributed by atoms with E-state index in [0.717, 1.165) is 6.42 Å². The molecule has 0 atom stereocenters. The predicted octanol–water partition coefficient (Wildman–Crippen LogP) is 5.42. The van der Waals surface area contributed by atoms with E-state index in [0.29, 0.717) is 11.3 Å². The number of ether oxygens (including phenoxy) is 1. The van der Waals surface area contributed by atoms with Gasteiger partial charge in [-0.2, -0.15) is 0 Å². The Morgan fingerprint density at radius 3 is 2.23 bits per heavy atom. The summed E-state index contributed by atoms with van der Waals surface area (Å²) < 4.78 is 5.37. The van der Waals surface area contributed by atoms with Gasteiger partial charge in [0.2, 0.25) is 0 Å². The zero-order chi connectivity index (χ0) is 15.6. The molecule has 0 aliphatic heterocycles. The lowest BCUT2D eigenvalue weighted by molar-refractivity contribution is 0.0734. The van der Waals surface area contributed by atoms with Gasteiger partial charge in [-0.05, 0) is 42.7 Å². The number of aryl methyl sites for hydroxylation is 1. The van der Waals surface area contributed by atoms with Crippen LogP contribution in [0.15, 0.2) is 54.6 Å². The van der Waals surface area contributed by atoms with Crippen LogP contribution >= 0.6 is 0 Å². The Hall–Kier alpha value is -2.09. The Balaban J connectivity index is 1.80. The highest BCUT2D eigenvalue weighted by Crippen LogP contribution is 2.16. The summed E-state index contributed by atoms with van der Waals surface area (Å²) in [4.78, 5) is 11.9. The SMILES string of the molecule is CCCCCCCc1ccc(OC(=O)c2ccccc2)cc1. The molecule has 0 saturated carbocycles. The van der Waals surface area contributed by atoms with Gasteiger partial charge in [0.05, 0.1) is 5.56 Å². The van der Waals surface area contributed by atoms with Gasteiger partial charge in [0.15, 0.2) is 0 Å². The van der Waals surface area contributed by atoms with Crippen LogP contribution < -0.4 is 4.74 Å². The van der Waals surface area contributed by atoms with Gasteiger partial charge in [0.1, 0.15) is 5.75 Å². The first kappa shape index (κ1) is 16.3. The van der Waals surface area contributed by atoms with Crippen LogP contribution in [0.4, 0.5) is 0 Å². The fourth-order valence-electron chi connectivity index (χ4n) is 2.40. The summed E-state index contributed by atoms with van der Waals surface area (Å²) >= 11 is 0. The summed E-state index contributed by atoms with van der Waals surface area (Å²) in [6.07, 6.45) is 7.54. The smallest absolute Gasteiger partial charge is 0.343 e. The lowest BCUT2D eigenvalue weighted by Gasteiger charge is -2.06. The van der Waals surface area contributed by atoms with Crippen LogP contribution in [0, 0.1) is 0 Å². The molecule has 22 heavy (non-hydrogen) atoms. The fourth-order valence-corrected chi connectivity index (χ4v) is 2.40. The van der Waals surface area contributed by atoms with Crippen LogP contribution in [0.25, 0.3) is 0 Å². The molecule has 2 aromatic carbocycles. The van der Waals surface area contributed by atoms with Gasteiger partial charge in [-0.25, -0.2) is 4.79 Å². The molecular weight excluding hydrogens is 272 g/mol. The Morgan fingerprint density at radius 2 is 1.55 bits per heavy atom. The Kier molecular flexibility index (Phi) is 6.69. The van der Waals surface area contributed by atoms with Crippen LogP contribution in [0.3, 0.4) is 0 Å². The van der Waals surface area contributed by atoms with Gasteiger partial charge in [0.25, 0.3) is 0 Å². The molecule has 2 aromatic rings. The molecule has 0 fully saturated rings. The highest BCUT2D eigenvalue weighted by Gasteiger charge is 2.07. The van der Waals surface area contributed by atoms with Crippen molar-refractivity contribution < 1.29 is 9.53 Å². The van der Waals surface area contributed by atoms with E-state index < -0.39 is 0 Å². The van der Waals surface area contributed by atoms with Gasteiger partial charge in [0, 0.05) is 0 Å². The minimum Gasteiger partial charge on any atom is -0.423 e. The molecule has 2 nitrogen and oxygen atoms in total. The van der Waals surface area contributed by atoms with Gasteiger partial charge in [-0.1, -0.05) is 62.9 Å². The minimum absolute atomic E-state index is 0.312. The predicted molar refractivity (Wildman–Crippen MR) is 90.3 cm³/mol. The number of benzene rings is 2. The summed E-state index contributed by atoms with van der Waals surface area (Å²) in [6, 6.07) is 16.9. The van der Waals surface area contributed by atoms with E-state index in [1.165, 1.54) is 37.7 Å². The molecule has 0 heterocycles. The van der Waals surface area contributed by atoms with Crippen molar-refractivity contribution >= 4 is 5.97 Å². The van der Waals surface area contributed by atoms with E-state index in [1.807, 2.05) is 42.5 Å². The highest BCUT2D eigenvalue weighted by molar-refractivity contribution is 5.90. The molecule has 0 bridgehead atoms. The van der Waals surface area contributed by atoms with Crippen molar-refractivity contribution in [3.05, 3.63) is 65.7 Å². The molecule has 0 aliphatic rings. The van der Waals surface area contributed by atoms with Crippen LogP contribution in [0.5, 0.6) is 5.75 Å². The lowest BCUT2D eigenvalue weighted by Crippen LogP contribution is -2.08. The van der Waals surface area contributed by atoms with Crippen LogP contribution in [-0.2, 0) is 6.42 Å². The third kappa shape index (κ3) is 5.36. The highest BCUT2D eigenvalue weighted by atomic mass is 16.5. The van der Waals surface area contributed by atoms with E-state index in [2.05, 4.69) is 6.92 Å². The summed E-state index contributed by atoms with van der Waals surface area (Å²) in [5.41, 5.74) is 1.87. The molecule has 0 radical (unpaired) electrons. The summed E-state index contributed by atoms with van der Waals surface area (Å²) in [5, 5.41) is 0. The molecule has 0 N–H and O–H groups in total. The summed E-state index contributed by atoms with van der Waals surface area (Å²) in [6.45, 7) is 2.23. The van der Waals surface area contributed by atoms with E-state index in [-0.39, 0.29) is 5.97 Å². The monoisotopic (exact) mass is 296 g/mol. The second-order valence-electron chi connectivity index (χ2n) is 5.56. The maximum atomic E-state index is 11.9. The average molecular weight is 296 g/mol. The maximum Gasteiger partial charge on any atom is 0.343 e. The zero-order valence-corrected chi connectivity index (χ0v) is 13.3. The third-order valence-electron chi connectivity index (χ3n) is 3.71. The topological polar surface area (TPSA) is 26.3 Å². The van der Waals surface area contributed by atoms with Gasteiger partial charge < -0.3 is 4.74 Å². The van der Waals surface area contributed by atoms with E-state index in [4.69, 9.17) is 4.74 Å². The maximum absolute atomic E-state index is 11.9. The molecule has 2 rings (SSSR count). The number of esters is 1. The summed E-state index contributed by atoms with van der Waals surface area (Å²) in [5.74, 6) is 0.288. The molecule has 0 aromatic heterocycles. The van der Waals surface area contributed by atoms with Gasteiger partial charge >= 0.3 is 5.97 Å². The standard InChI is InChI=1S/C20H24O2/c1-2-3-4-5-7-10-17-13-15-19(16-14-17)22-20(21)18-11-8-6-9-12-18/h6,8-9,11-16H,2-5,7,10H2,1H3. The molecule has 0 amide bonds. The number of carbonyl (C=O) groups excluding carboxylic acids is 1. The Morgan fingerprint density at radius 1 is 0.864 bits per heavy atom. The van der Waals surface area contributed by atoms with Gasteiger partial charge in [-0.3, -0.25) is 0 Å². The van der Waals surface area contributed by atoms with E-state index >= 15 is 0 Å². The lowest BCUT2D eigenvalue weighted by atomic mass is 10.1. The van der Waals surface area contributed by atoms with Crippen molar-refractivity contribution in [3.63, 3.8) is 0 Å². The minimum atomic E-state index is -0.312. The van der Waals surface area contributed by atoms with Crippen molar-refractivity contribution in [2.24, 2.45) is 0 Å². The molecule has 0 unspecified atom stereocenters. The molecular formula is C20H24O2. The van der Waals surface area contributed by atoms with Crippen LogP contribution in [0.1, 0.15) is 54.9 Å². The quantitative estimate of drug-likeness (QED) is 0.369. The molecule has 0 spiro atoms. The second-order valence-corrected chi connectivity index (χ2v) is 5.56. The Bertz CT molecular complexity index is 558. The van der Waals surface area contributed by atoms with E-state index in [1.54, 1.807) is 12.1 Å². The molecule has 0 aliphatic carbocycles. The van der Waals surface area contributed by atoms with Crippen molar-refractivity contribution in [1.82, 2.24) is 0 Å². The van der Waals surface area contributed by atoms with Crippen molar-refractivity contribution in [2.75, 3.05) is 0 Å². The number of carbonyl (C=O) groups is 1. The fraction of sp³-hybridized carbons (Fsp3) is 0.350. The van der Waals surface area contributed by atoms with Crippen molar-refractivity contribution in [3.8, 4) is 5.75 Å². The summed E-state index contributed by atoms with van der Waals surface area (Å²) in [7, 11) is 0. The van der Waals surface area contributed by atoms with Crippen molar-refractivity contribution in [2.45, 2.75) is 45.4 Å². The first-order chi connectivity index (χ1) is 10.8. The molecule has 116 valence electrons. The number of hydrogen-bond acceptors (Lipinski definition) is 2. The van der Waals surface area contributed by atoms with Crippen LogP contribution in [0.2, 0.25) is 0 Å². The normalized spacial score (nSPS) is 10.4.